The maximum absolute atomic E-state index is 11.4. The fourth-order valence-corrected chi connectivity index (χ4v) is 4.83. The number of carboxylic acids is 1. The molecule has 2 heterocycles. The van der Waals surface area contributed by atoms with Gasteiger partial charge in [0.05, 0.1) is 11.9 Å². The number of nitrogens with one attached hydrogen (secondary N) is 2. The van der Waals surface area contributed by atoms with Crippen molar-refractivity contribution in [2.75, 3.05) is 10.6 Å². The van der Waals surface area contributed by atoms with Gasteiger partial charge in [-0.25, -0.2) is 9.78 Å². The van der Waals surface area contributed by atoms with Gasteiger partial charge >= 0.3 is 5.97 Å². The average molecular weight is 508 g/mol. The highest BCUT2D eigenvalue weighted by Crippen LogP contribution is 2.34. The molecule has 5 N–H and O–H groups in total. The summed E-state index contributed by atoms with van der Waals surface area (Å²) >= 11 is 0. The van der Waals surface area contributed by atoms with Crippen molar-refractivity contribution in [1.82, 2.24) is 19.5 Å². The van der Waals surface area contributed by atoms with Crippen molar-refractivity contribution in [2.24, 2.45) is 5.73 Å². The van der Waals surface area contributed by atoms with Gasteiger partial charge in [0.1, 0.15) is 0 Å². The van der Waals surface area contributed by atoms with Crippen LogP contribution in [0, 0.1) is 0 Å². The lowest BCUT2D eigenvalue weighted by Crippen LogP contribution is -2.33. The van der Waals surface area contributed by atoms with Crippen molar-refractivity contribution in [1.29, 1.82) is 0 Å². The van der Waals surface area contributed by atoms with Gasteiger partial charge in [-0.15, -0.1) is 24.8 Å². The summed E-state index contributed by atoms with van der Waals surface area (Å²) in [6.45, 7) is 0. The summed E-state index contributed by atoms with van der Waals surface area (Å²) in [5.41, 5.74) is 8.42. The van der Waals surface area contributed by atoms with Crippen molar-refractivity contribution in [3.05, 3.63) is 36.2 Å². The van der Waals surface area contributed by atoms with Crippen molar-refractivity contribution >= 4 is 59.4 Å². The number of aromatic carboxylic acids is 1. The molecule has 1 aromatic carbocycles. The highest BCUT2D eigenvalue weighted by molar-refractivity contribution is 5.90. The third-order valence-corrected chi connectivity index (χ3v) is 6.62. The number of halogens is 2. The topological polar surface area (TPSA) is 131 Å². The Morgan fingerprint density at radius 1 is 1.06 bits per heavy atom. The number of hydrogen-bond donors (Lipinski definition) is 4. The van der Waals surface area contributed by atoms with E-state index in [4.69, 9.17) is 15.7 Å². The molecular weight excluding hydrogens is 477 g/mol. The van der Waals surface area contributed by atoms with Gasteiger partial charge in [0.2, 0.25) is 5.95 Å². The lowest BCUT2D eigenvalue weighted by atomic mass is 9.92. The SMILES string of the molecule is Cl.Cl.NC1CCC(Nc2nc(Nc3cccc(C(=O)O)c3)c3ncn(C4CCCC4)c3n2)CC1. The summed E-state index contributed by atoms with van der Waals surface area (Å²) in [7, 11) is 0. The van der Waals surface area contributed by atoms with Crippen LogP contribution in [0.5, 0.6) is 0 Å². The number of aromatic nitrogens is 4. The second-order valence-corrected chi connectivity index (χ2v) is 8.93. The summed E-state index contributed by atoms with van der Waals surface area (Å²) in [6.07, 6.45) is 10.5. The van der Waals surface area contributed by atoms with Crippen molar-refractivity contribution < 1.29 is 9.90 Å². The molecule has 0 atom stereocenters. The molecule has 0 aliphatic heterocycles. The van der Waals surface area contributed by atoms with Crippen LogP contribution in [0.3, 0.4) is 0 Å². The molecule has 9 nitrogen and oxygen atoms in total. The molecule has 0 bridgehead atoms. The minimum Gasteiger partial charge on any atom is -0.478 e. The Balaban J connectivity index is 0.00000162. The van der Waals surface area contributed by atoms with E-state index in [2.05, 4.69) is 20.2 Å². The molecule has 0 unspecified atom stereocenters. The Morgan fingerprint density at radius 2 is 1.79 bits per heavy atom. The second kappa shape index (κ2) is 11.2. The van der Waals surface area contributed by atoms with Crippen LogP contribution in [0.4, 0.5) is 17.5 Å². The van der Waals surface area contributed by atoms with E-state index in [1.54, 1.807) is 18.2 Å². The second-order valence-electron chi connectivity index (χ2n) is 8.93. The maximum atomic E-state index is 11.4. The van der Waals surface area contributed by atoms with Gasteiger partial charge in [0.15, 0.2) is 17.0 Å². The van der Waals surface area contributed by atoms with Crippen LogP contribution in [0.25, 0.3) is 11.2 Å². The monoisotopic (exact) mass is 507 g/mol. The molecule has 5 rings (SSSR count). The Morgan fingerprint density at radius 3 is 2.50 bits per heavy atom. The van der Waals surface area contributed by atoms with E-state index in [0.29, 0.717) is 35.1 Å². The van der Waals surface area contributed by atoms with Crippen LogP contribution in [-0.4, -0.2) is 42.7 Å². The van der Waals surface area contributed by atoms with E-state index < -0.39 is 5.97 Å². The zero-order valence-corrected chi connectivity index (χ0v) is 20.4. The number of benzene rings is 1. The number of fused-ring (bicyclic) bond motifs is 1. The molecule has 0 radical (unpaired) electrons. The van der Waals surface area contributed by atoms with Crippen LogP contribution in [0.15, 0.2) is 30.6 Å². The smallest absolute Gasteiger partial charge is 0.335 e. The largest absolute Gasteiger partial charge is 0.478 e. The quantitative estimate of drug-likeness (QED) is 0.370. The fraction of sp³-hybridized carbons (Fsp3) is 0.478. The van der Waals surface area contributed by atoms with Crippen LogP contribution in [0.2, 0.25) is 0 Å². The van der Waals surface area contributed by atoms with Crippen molar-refractivity contribution in [3.63, 3.8) is 0 Å². The predicted molar refractivity (Wildman–Crippen MR) is 138 cm³/mol. The number of carboxylic acid groups (broad SMARTS) is 1. The van der Waals surface area contributed by atoms with Gasteiger partial charge in [-0.1, -0.05) is 18.9 Å². The highest BCUT2D eigenvalue weighted by Gasteiger charge is 2.24. The van der Waals surface area contributed by atoms with Gasteiger partial charge < -0.3 is 26.0 Å². The van der Waals surface area contributed by atoms with E-state index in [-0.39, 0.29) is 36.4 Å². The summed E-state index contributed by atoms with van der Waals surface area (Å²) < 4.78 is 2.17. The molecule has 0 spiro atoms. The summed E-state index contributed by atoms with van der Waals surface area (Å²) in [5.74, 6) is 0.170. The van der Waals surface area contributed by atoms with Crippen LogP contribution in [-0.2, 0) is 0 Å². The fourth-order valence-electron chi connectivity index (χ4n) is 4.83. The summed E-state index contributed by atoms with van der Waals surface area (Å²) in [4.78, 5) is 25.6. The van der Waals surface area contributed by atoms with Gasteiger partial charge in [-0.3, -0.25) is 0 Å². The number of anilines is 3. The molecule has 2 aliphatic carbocycles. The van der Waals surface area contributed by atoms with Crippen molar-refractivity contribution in [2.45, 2.75) is 69.5 Å². The number of nitrogens with zero attached hydrogens (tertiary/aromatic N) is 4. The van der Waals surface area contributed by atoms with E-state index in [0.717, 1.165) is 44.2 Å². The minimum atomic E-state index is -0.968. The van der Waals surface area contributed by atoms with Crippen LogP contribution in [0.1, 0.15) is 67.8 Å². The Kier molecular flexibility index (Phi) is 8.57. The zero-order valence-electron chi connectivity index (χ0n) is 18.8. The zero-order chi connectivity index (χ0) is 22.1. The first-order valence-electron chi connectivity index (χ1n) is 11.4. The maximum Gasteiger partial charge on any atom is 0.335 e. The number of rotatable bonds is 6. The first-order valence-corrected chi connectivity index (χ1v) is 11.4. The first kappa shape index (κ1) is 26.0. The van der Waals surface area contributed by atoms with Gasteiger partial charge in [-0.2, -0.15) is 9.97 Å². The molecular formula is C23H31Cl2N7O2. The molecule has 2 aliphatic rings. The first-order chi connectivity index (χ1) is 15.6. The number of hydrogen-bond acceptors (Lipinski definition) is 7. The Bertz CT molecular complexity index is 1130. The van der Waals surface area contributed by atoms with Crippen LogP contribution >= 0.6 is 24.8 Å². The summed E-state index contributed by atoms with van der Waals surface area (Å²) in [6, 6.07) is 7.67. The highest BCUT2D eigenvalue weighted by atomic mass is 35.5. The Hall–Kier alpha value is -2.62. The molecule has 2 aromatic heterocycles. The average Bonchev–Trinajstić information content (AvgIpc) is 3.45. The molecule has 2 fully saturated rings. The van der Waals surface area contributed by atoms with E-state index in [1.165, 1.54) is 12.8 Å². The molecule has 184 valence electrons. The standard InChI is InChI=1S/C23H29N7O2.2ClH/c24-15-8-10-16(11-9-15)27-23-28-20(26-17-5-3-4-14(12-17)22(31)32)19-21(29-23)30(13-25-19)18-6-1-2-7-18;;/h3-5,12-13,15-16,18H,1-2,6-11,24H2,(H,31,32)(H2,26,27,28,29);2*1H. The molecule has 34 heavy (non-hydrogen) atoms. The summed E-state index contributed by atoms with van der Waals surface area (Å²) in [5, 5.41) is 16.1. The number of imidazole rings is 1. The van der Waals surface area contributed by atoms with E-state index >= 15 is 0 Å². The van der Waals surface area contributed by atoms with Crippen molar-refractivity contribution in [3.8, 4) is 0 Å². The lowest BCUT2D eigenvalue weighted by Gasteiger charge is -2.27. The molecule has 11 heteroatoms. The molecule has 2 saturated carbocycles. The minimum absolute atomic E-state index is 0. The third kappa shape index (κ3) is 5.54. The van der Waals surface area contributed by atoms with Gasteiger partial charge in [-0.05, 0) is 56.7 Å². The normalized spacial score (nSPS) is 20.4. The molecule has 0 saturated heterocycles. The van der Waals surface area contributed by atoms with Crippen LogP contribution < -0.4 is 16.4 Å². The number of nitrogens with two attached hydrogens (primary N) is 1. The lowest BCUT2D eigenvalue weighted by molar-refractivity contribution is 0.0697. The van der Waals surface area contributed by atoms with Gasteiger partial charge in [0.25, 0.3) is 0 Å². The van der Waals surface area contributed by atoms with E-state index in [9.17, 15) is 9.90 Å². The molecule has 3 aromatic rings. The van der Waals surface area contributed by atoms with Gasteiger partial charge in [0, 0.05) is 23.8 Å². The third-order valence-electron chi connectivity index (χ3n) is 6.62. The number of carbonyl (C=O) groups is 1. The predicted octanol–water partition coefficient (Wildman–Crippen LogP) is 4.91. The molecule has 0 amide bonds. The van der Waals surface area contributed by atoms with E-state index in [1.807, 2.05) is 12.4 Å². The Labute approximate surface area is 210 Å².